The predicted octanol–water partition coefficient (Wildman–Crippen LogP) is 4.91. The molecule has 0 amide bonds. The molecule has 0 atom stereocenters. The quantitative estimate of drug-likeness (QED) is 0.634. The fourth-order valence-electron chi connectivity index (χ4n) is 2.15. The third-order valence-electron chi connectivity index (χ3n) is 3.65. The summed E-state index contributed by atoms with van der Waals surface area (Å²) >= 11 is 1.99. The van der Waals surface area contributed by atoms with Crippen molar-refractivity contribution >= 4 is 11.3 Å². The average molecular weight is 282 g/mol. The van der Waals surface area contributed by atoms with Crippen molar-refractivity contribution in [1.82, 2.24) is 5.32 Å². The van der Waals surface area contributed by atoms with E-state index in [0.717, 1.165) is 19.0 Å². The Hall–Kier alpha value is -0.340. The van der Waals surface area contributed by atoms with E-state index in [2.05, 4.69) is 52.1 Å². The van der Waals surface area contributed by atoms with E-state index in [1.165, 1.54) is 30.6 Å². The van der Waals surface area contributed by atoms with Crippen molar-refractivity contribution in [2.75, 3.05) is 13.1 Å². The van der Waals surface area contributed by atoms with E-state index in [9.17, 15) is 0 Å². The van der Waals surface area contributed by atoms with E-state index in [4.69, 9.17) is 0 Å². The monoisotopic (exact) mass is 281 g/mol. The van der Waals surface area contributed by atoms with Crippen LogP contribution >= 0.6 is 11.3 Å². The average Bonchev–Trinajstić information content (AvgIpc) is 2.80. The van der Waals surface area contributed by atoms with Crippen LogP contribution in [0.3, 0.4) is 0 Å². The maximum Gasteiger partial charge on any atom is 0.00483 e. The van der Waals surface area contributed by atoms with Gasteiger partial charge in [0, 0.05) is 9.75 Å². The number of hydrogen-bond donors (Lipinski definition) is 1. The van der Waals surface area contributed by atoms with Crippen molar-refractivity contribution in [3.63, 3.8) is 0 Å². The Morgan fingerprint density at radius 3 is 2.42 bits per heavy atom. The van der Waals surface area contributed by atoms with Gasteiger partial charge in [-0.05, 0) is 62.2 Å². The number of aryl methyl sites for hydroxylation is 2. The summed E-state index contributed by atoms with van der Waals surface area (Å²) in [6.45, 7) is 13.9. The third kappa shape index (κ3) is 7.12. The zero-order chi connectivity index (χ0) is 14.3. The maximum absolute atomic E-state index is 3.55. The van der Waals surface area contributed by atoms with Gasteiger partial charge in [0.05, 0.1) is 0 Å². The van der Waals surface area contributed by atoms with Crippen LogP contribution in [0.2, 0.25) is 0 Å². The van der Waals surface area contributed by atoms with Crippen molar-refractivity contribution in [3.8, 4) is 0 Å². The molecule has 0 aromatic carbocycles. The second-order valence-corrected chi connectivity index (χ2v) is 7.99. The summed E-state index contributed by atoms with van der Waals surface area (Å²) in [6.07, 6.45) is 4.97. The highest BCUT2D eigenvalue weighted by molar-refractivity contribution is 7.11. The highest BCUT2D eigenvalue weighted by Crippen LogP contribution is 2.28. The second kappa shape index (κ2) is 8.06. The summed E-state index contributed by atoms with van der Waals surface area (Å²) < 4.78 is 0. The van der Waals surface area contributed by atoms with Gasteiger partial charge in [-0.3, -0.25) is 0 Å². The number of thiophene rings is 1. The van der Waals surface area contributed by atoms with Crippen molar-refractivity contribution in [3.05, 3.63) is 21.9 Å². The van der Waals surface area contributed by atoms with E-state index in [1.807, 2.05) is 11.3 Å². The molecule has 0 unspecified atom stereocenters. The summed E-state index contributed by atoms with van der Waals surface area (Å²) in [5.74, 6) is 0.752. The molecule has 1 N–H and O–H groups in total. The highest BCUT2D eigenvalue weighted by Gasteiger charge is 2.17. The minimum atomic E-state index is 0.445. The molecule has 0 fully saturated rings. The zero-order valence-corrected chi connectivity index (χ0v) is 14.2. The molecule has 0 aliphatic rings. The van der Waals surface area contributed by atoms with Gasteiger partial charge >= 0.3 is 0 Å². The van der Waals surface area contributed by atoms with Gasteiger partial charge in [-0.25, -0.2) is 0 Å². The van der Waals surface area contributed by atoms with Crippen molar-refractivity contribution in [2.45, 2.75) is 60.3 Å². The van der Waals surface area contributed by atoms with Crippen LogP contribution in [-0.2, 0) is 12.8 Å². The Bertz CT molecular complexity index is 352. The van der Waals surface area contributed by atoms with Crippen molar-refractivity contribution in [2.24, 2.45) is 11.3 Å². The molecule has 0 aliphatic heterocycles. The normalized spacial score (nSPS) is 12.3. The molecule has 1 aromatic heterocycles. The zero-order valence-electron chi connectivity index (χ0n) is 13.4. The van der Waals surface area contributed by atoms with Crippen LogP contribution in [-0.4, -0.2) is 13.1 Å². The van der Waals surface area contributed by atoms with E-state index in [-0.39, 0.29) is 0 Å². The molecule has 19 heavy (non-hydrogen) atoms. The number of hydrogen-bond acceptors (Lipinski definition) is 2. The first-order valence-electron chi connectivity index (χ1n) is 7.71. The fraction of sp³-hybridized carbons (Fsp3) is 0.765. The van der Waals surface area contributed by atoms with E-state index >= 15 is 0 Å². The molecular weight excluding hydrogens is 250 g/mol. The van der Waals surface area contributed by atoms with Gasteiger partial charge < -0.3 is 5.32 Å². The molecule has 0 spiro atoms. The summed E-state index contributed by atoms with van der Waals surface area (Å²) in [5, 5.41) is 3.55. The summed E-state index contributed by atoms with van der Waals surface area (Å²) in [4.78, 5) is 3.08. The molecule has 0 aliphatic carbocycles. The Morgan fingerprint density at radius 1 is 1.16 bits per heavy atom. The topological polar surface area (TPSA) is 12.0 Å². The van der Waals surface area contributed by atoms with Crippen LogP contribution in [0.1, 0.15) is 57.2 Å². The number of rotatable bonds is 9. The molecule has 1 heterocycles. The third-order valence-corrected chi connectivity index (χ3v) is 4.93. The highest BCUT2D eigenvalue weighted by atomic mass is 32.1. The minimum absolute atomic E-state index is 0.445. The lowest BCUT2D eigenvalue weighted by Crippen LogP contribution is -2.25. The lowest BCUT2D eigenvalue weighted by atomic mass is 9.84. The van der Waals surface area contributed by atoms with Gasteiger partial charge in [0.2, 0.25) is 0 Å². The van der Waals surface area contributed by atoms with E-state index < -0.39 is 0 Å². The smallest absolute Gasteiger partial charge is 0.00483 e. The van der Waals surface area contributed by atoms with Gasteiger partial charge in [-0.1, -0.05) is 34.6 Å². The maximum atomic E-state index is 3.55. The lowest BCUT2D eigenvalue weighted by molar-refractivity contribution is 0.300. The standard InChI is InChI=1S/C17H31NS/c1-6-15-7-8-16(19-15)9-10-17(4,5)11-12-18-13-14(2)3/h7-8,14,18H,6,9-13H2,1-5H3. The molecule has 1 rings (SSSR count). The van der Waals surface area contributed by atoms with Gasteiger partial charge in [-0.2, -0.15) is 0 Å². The fourth-order valence-corrected chi connectivity index (χ4v) is 3.11. The first-order valence-corrected chi connectivity index (χ1v) is 8.53. The molecule has 1 nitrogen and oxygen atoms in total. The summed E-state index contributed by atoms with van der Waals surface area (Å²) in [7, 11) is 0. The van der Waals surface area contributed by atoms with Crippen LogP contribution in [0, 0.1) is 11.3 Å². The minimum Gasteiger partial charge on any atom is -0.316 e. The Balaban J connectivity index is 2.25. The van der Waals surface area contributed by atoms with E-state index in [0.29, 0.717) is 5.41 Å². The van der Waals surface area contributed by atoms with Crippen LogP contribution in [0.25, 0.3) is 0 Å². The summed E-state index contributed by atoms with van der Waals surface area (Å²) in [6, 6.07) is 4.60. The van der Waals surface area contributed by atoms with Gasteiger partial charge in [0.1, 0.15) is 0 Å². The van der Waals surface area contributed by atoms with Crippen LogP contribution in [0.5, 0.6) is 0 Å². The molecule has 110 valence electrons. The molecule has 0 radical (unpaired) electrons. The molecule has 0 saturated carbocycles. The first kappa shape index (κ1) is 16.7. The summed E-state index contributed by atoms with van der Waals surface area (Å²) in [5.41, 5.74) is 0.445. The molecule has 1 aromatic rings. The van der Waals surface area contributed by atoms with Crippen molar-refractivity contribution < 1.29 is 0 Å². The molecule has 2 heteroatoms. The predicted molar refractivity (Wildman–Crippen MR) is 88.1 cm³/mol. The number of nitrogens with one attached hydrogen (secondary N) is 1. The SMILES string of the molecule is CCc1ccc(CCC(C)(C)CCNCC(C)C)s1. The van der Waals surface area contributed by atoms with Crippen LogP contribution < -0.4 is 5.32 Å². The van der Waals surface area contributed by atoms with Gasteiger partial charge in [-0.15, -0.1) is 11.3 Å². The first-order chi connectivity index (χ1) is 8.93. The van der Waals surface area contributed by atoms with Crippen LogP contribution in [0.15, 0.2) is 12.1 Å². The van der Waals surface area contributed by atoms with Gasteiger partial charge in [0.15, 0.2) is 0 Å². The molecular formula is C17H31NS. The Kier molecular flexibility index (Phi) is 7.09. The van der Waals surface area contributed by atoms with E-state index in [1.54, 1.807) is 4.88 Å². The Morgan fingerprint density at radius 2 is 1.84 bits per heavy atom. The largest absolute Gasteiger partial charge is 0.316 e. The molecule has 0 saturated heterocycles. The molecule has 0 bridgehead atoms. The van der Waals surface area contributed by atoms with Crippen molar-refractivity contribution in [1.29, 1.82) is 0 Å². The second-order valence-electron chi connectivity index (χ2n) is 6.73. The van der Waals surface area contributed by atoms with Crippen LogP contribution in [0.4, 0.5) is 0 Å². The Labute approximate surface area is 123 Å². The lowest BCUT2D eigenvalue weighted by Gasteiger charge is -2.24. The van der Waals surface area contributed by atoms with Gasteiger partial charge in [0.25, 0.3) is 0 Å².